The van der Waals surface area contributed by atoms with E-state index in [4.69, 9.17) is 0 Å². The smallest absolute Gasteiger partial charge is 0.323 e. The van der Waals surface area contributed by atoms with E-state index >= 15 is 0 Å². The van der Waals surface area contributed by atoms with Gasteiger partial charge in [0, 0.05) is 43.3 Å². The minimum atomic E-state index is -3.93. The van der Waals surface area contributed by atoms with Crippen molar-refractivity contribution in [3.63, 3.8) is 0 Å². The van der Waals surface area contributed by atoms with Crippen molar-refractivity contribution in [2.45, 2.75) is 24.8 Å². The zero-order valence-corrected chi connectivity index (χ0v) is 23.6. The lowest BCUT2D eigenvalue weighted by molar-refractivity contribution is 0.262. The Labute approximate surface area is 236 Å². The van der Waals surface area contributed by atoms with Crippen molar-refractivity contribution < 1.29 is 13.2 Å². The molecule has 9 heteroatoms. The van der Waals surface area contributed by atoms with Crippen LogP contribution in [0.3, 0.4) is 0 Å². The zero-order chi connectivity index (χ0) is 28.1. The number of carbonyl (C=O) groups is 1. The van der Waals surface area contributed by atoms with Crippen LogP contribution in [0.25, 0.3) is 10.8 Å². The number of benzene rings is 4. The first-order chi connectivity index (χ1) is 19.3. The van der Waals surface area contributed by atoms with E-state index in [0.29, 0.717) is 17.1 Å². The highest BCUT2D eigenvalue weighted by molar-refractivity contribution is 7.89. The van der Waals surface area contributed by atoms with E-state index in [1.54, 1.807) is 18.2 Å². The van der Waals surface area contributed by atoms with Gasteiger partial charge in [-0.05, 0) is 48.7 Å². The number of amides is 2. The first kappa shape index (κ1) is 27.6. The molecule has 4 aromatic rings. The highest BCUT2D eigenvalue weighted by atomic mass is 32.2. The molecule has 5 rings (SSSR count). The molecule has 8 nitrogen and oxygen atoms in total. The van der Waals surface area contributed by atoms with Gasteiger partial charge in [-0.3, -0.25) is 0 Å². The Balaban J connectivity index is 1.42. The van der Waals surface area contributed by atoms with Gasteiger partial charge in [0.25, 0.3) is 0 Å². The second-order valence-corrected chi connectivity index (χ2v) is 11.6. The predicted molar refractivity (Wildman–Crippen MR) is 163 cm³/mol. The number of rotatable bonds is 8. The summed E-state index contributed by atoms with van der Waals surface area (Å²) in [5.41, 5.74) is 2.56. The van der Waals surface area contributed by atoms with Crippen molar-refractivity contribution in [3.8, 4) is 0 Å². The number of nitrogens with one attached hydrogen (secondary N) is 3. The maximum atomic E-state index is 13.8. The molecule has 1 saturated heterocycles. The van der Waals surface area contributed by atoms with E-state index in [-0.39, 0.29) is 4.90 Å². The van der Waals surface area contributed by atoms with E-state index in [0.717, 1.165) is 49.1 Å². The molecule has 4 aromatic carbocycles. The van der Waals surface area contributed by atoms with Crippen LogP contribution in [0.2, 0.25) is 0 Å². The topological polar surface area (TPSA) is 93.8 Å². The van der Waals surface area contributed by atoms with Crippen LogP contribution in [0.15, 0.2) is 95.9 Å². The number of fused-ring (bicyclic) bond motifs is 1. The second-order valence-electron chi connectivity index (χ2n) is 9.96. The van der Waals surface area contributed by atoms with Crippen molar-refractivity contribution in [2.75, 3.05) is 48.3 Å². The fraction of sp³-hybridized carbons (Fsp3) is 0.258. The first-order valence-electron chi connectivity index (χ1n) is 13.6. The molecule has 0 radical (unpaired) electrons. The molecule has 1 atom stereocenters. The van der Waals surface area contributed by atoms with Crippen LogP contribution in [0.1, 0.15) is 25.5 Å². The number of piperazine rings is 1. The third-order valence-corrected chi connectivity index (χ3v) is 8.91. The van der Waals surface area contributed by atoms with Gasteiger partial charge in [-0.25, -0.2) is 17.9 Å². The average molecular weight is 558 g/mol. The van der Waals surface area contributed by atoms with Gasteiger partial charge in [-0.2, -0.15) is 0 Å². The molecule has 40 heavy (non-hydrogen) atoms. The summed E-state index contributed by atoms with van der Waals surface area (Å²) in [5, 5.41) is 7.67. The third kappa shape index (κ3) is 6.28. The number of hydrogen-bond acceptors (Lipinski definition) is 5. The molecule has 208 valence electrons. The second kappa shape index (κ2) is 12.1. The van der Waals surface area contributed by atoms with Crippen LogP contribution in [0, 0.1) is 0 Å². The Morgan fingerprint density at radius 2 is 1.55 bits per heavy atom. The summed E-state index contributed by atoms with van der Waals surface area (Å²) < 4.78 is 30.4. The van der Waals surface area contributed by atoms with Crippen LogP contribution in [-0.2, 0) is 10.0 Å². The normalized spacial score (nSPS) is 15.1. The molecular weight excluding hydrogens is 522 g/mol. The van der Waals surface area contributed by atoms with E-state index in [1.165, 1.54) is 0 Å². The average Bonchev–Trinajstić information content (AvgIpc) is 2.97. The monoisotopic (exact) mass is 557 g/mol. The summed E-state index contributed by atoms with van der Waals surface area (Å²) in [4.78, 5) is 17.6. The Hall–Kier alpha value is -3.92. The standard InChI is InChI=1S/C31H35N5O3S/c1-3-35-18-20-36(21-19-35)29-17-16-26(22-30(29)40(38,39)34-23(2)24-10-5-4-6-11-24)32-31(37)33-28-15-9-13-25-12-7-8-14-27(25)28/h4-17,22-23,34H,3,18-21H2,1-2H3,(H2,32,33,37)/t23-/m0/s1. The largest absolute Gasteiger partial charge is 0.368 e. The molecule has 1 aliphatic heterocycles. The van der Waals surface area contributed by atoms with E-state index in [2.05, 4.69) is 32.1 Å². The minimum Gasteiger partial charge on any atom is -0.368 e. The van der Waals surface area contributed by atoms with Crippen molar-refractivity contribution >= 4 is 43.9 Å². The molecule has 0 aliphatic carbocycles. The fourth-order valence-electron chi connectivity index (χ4n) is 5.10. The molecule has 1 heterocycles. The van der Waals surface area contributed by atoms with Crippen LogP contribution >= 0.6 is 0 Å². The van der Waals surface area contributed by atoms with Gasteiger partial charge in [-0.15, -0.1) is 0 Å². The van der Waals surface area contributed by atoms with E-state index < -0.39 is 22.1 Å². The van der Waals surface area contributed by atoms with Crippen molar-refractivity contribution in [1.82, 2.24) is 9.62 Å². The summed E-state index contributed by atoms with van der Waals surface area (Å²) in [6, 6.07) is 27.2. The van der Waals surface area contributed by atoms with Gasteiger partial charge in [-0.1, -0.05) is 73.7 Å². The van der Waals surface area contributed by atoms with Crippen LogP contribution in [0.4, 0.5) is 21.9 Å². The highest BCUT2D eigenvalue weighted by Crippen LogP contribution is 2.31. The van der Waals surface area contributed by atoms with Crippen LogP contribution in [0.5, 0.6) is 0 Å². The third-order valence-electron chi connectivity index (χ3n) is 7.34. The van der Waals surface area contributed by atoms with Crippen LogP contribution in [-0.4, -0.2) is 52.1 Å². The maximum absolute atomic E-state index is 13.8. The molecule has 0 spiro atoms. The number of carbonyl (C=O) groups excluding carboxylic acids is 1. The number of nitrogens with zero attached hydrogens (tertiary/aromatic N) is 2. The predicted octanol–water partition coefficient (Wildman–Crippen LogP) is 5.67. The molecule has 0 aromatic heterocycles. The molecule has 0 unspecified atom stereocenters. The Bertz CT molecular complexity index is 1580. The van der Waals surface area contributed by atoms with Gasteiger partial charge in [0.05, 0.1) is 11.4 Å². The van der Waals surface area contributed by atoms with Crippen molar-refractivity contribution in [3.05, 3.63) is 96.6 Å². The lowest BCUT2D eigenvalue weighted by Gasteiger charge is -2.36. The maximum Gasteiger partial charge on any atom is 0.323 e. The van der Waals surface area contributed by atoms with Gasteiger partial charge >= 0.3 is 6.03 Å². The summed E-state index contributed by atoms with van der Waals surface area (Å²) in [6.07, 6.45) is 0. The quantitative estimate of drug-likeness (QED) is 0.260. The summed E-state index contributed by atoms with van der Waals surface area (Å²) in [6.45, 7) is 8.08. The summed E-state index contributed by atoms with van der Waals surface area (Å²) >= 11 is 0. The van der Waals surface area contributed by atoms with Crippen molar-refractivity contribution in [2.24, 2.45) is 0 Å². The van der Waals surface area contributed by atoms with E-state index in [9.17, 15) is 13.2 Å². The highest BCUT2D eigenvalue weighted by Gasteiger charge is 2.27. The first-order valence-corrected chi connectivity index (χ1v) is 15.1. The molecule has 0 saturated carbocycles. The molecule has 2 amide bonds. The summed E-state index contributed by atoms with van der Waals surface area (Å²) in [7, 11) is -3.93. The van der Waals surface area contributed by atoms with Gasteiger partial charge < -0.3 is 20.4 Å². The number of hydrogen-bond donors (Lipinski definition) is 3. The van der Waals surface area contributed by atoms with E-state index in [1.807, 2.05) is 79.7 Å². The van der Waals surface area contributed by atoms with Crippen molar-refractivity contribution in [1.29, 1.82) is 0 Å². The SMILES string of the molecule is CCN1CCN(c2ccc(NC(=O)Nc3cccc4ccccc34)cc2S(=O)(=O)N[C@@H](C)c2ccccc2)CC1. The minimum absolute atomic E-state index is 0.142. The molecule has 0 bridgehead atoms. The number of likely N-dealkylation sites (N-methyl/N-ethyl adjacent to an activating group) is 1. The lowest BCUT2D eigenvalue weighted by atomic mass is 10.1. The molecular formula is C31H35N5O3S. The Morgan fingerprint density at radius 3 is 2.30 bits per heavy atom. The molecule has 3 N–H and O–H groups in total. The molecule has 1 aliphatic rings. The zero-order valence-electron chi connectivity index (χ0n) is 22.8. The Kier molecular flexibility index (Phi) is 8.35. The fourth-order valence-corrected chi connectivity index (χ4v) is 6.58. The van der Waals surface area contributed by atoms with Gasteiger partial charge in [0.15, 0.2) is 0 Å². The van der Waals surface area contributed by atoms with Crippen LogP contribution < -0.4 is 20.3 Å². The summed E-state index contributed by atoms with van der Waals surface area (Å²) in [5.74, 6) is 0. The van der Waals surface area contributed by atoms with Gasteiger partial charge in [0.2, 0.25) is 10.0 Å². The van der Waals surface area contributed by atoms with Gasteiger partial charge in [0.1, 0.15) is 4.90 Å². The number of sulfonamides is 1. The number of urea groups is 1. The molecule has 1 fully saturated rings. The lowest BCUT2D eigenvalue weighted by Crippen LogP contribution is -2.46. The number of anilines is 3. The Morgan fingerprint density at radius 1 is 0.850 bits per heavy atom.